The van der Waals surface area contributed by atoms with E-state index in [0.717, 1.165) is 15.9 Å². The van der Waals surface area contributed by atoms with E-state index in [1.165, 1.54) is 18.1 Å². The minimum absolute atomic E-state index is 0.391. The summed E-state index contributed by atoms with van der Waals surface area (Å²) in [6.45, 7) is 0. The lowest BCUT2D eigenvalue weighted by molar-refractivity contribution is -0.117. The Morgan fingerprint density at radius 1 is 1.40 bits per heavy atom. The van der Waals surface area contributed by atoms with E-state index in [-0.39, 0.29) is 0 Å². The summed E-state index contributed by atoms with van der Waals surface area (Å²) in [6, 6.07) is 1.80. The molecular formula is C9H6N4OS. The second-order valence-electron chi connectivity index (χ2n) is 3.17. The topological polar surface area (TPSA) is 81.8 Å². The third-order valence-electron chi connectivity index (χ3n) is 2.28. The Hall–Kier alpha value is -1.69. The molecule has 0 radical (unpaired) electrons. The highest BCUT2D eigenvalue weighted by Gasteiger charge is 2.32. The summed E-state index contributed by atoms with van der Waals surface area (Å²) >= 11 is 1.33. The van der Waals surface area contributed by atoms with Crippen molar-refractivity contribution in [2.45, 2.75) is 10.3 Å². The molecule has 0 aliphatic carbocycles. The van der Waals surface area contributed by atoms with E-state index in [1.54, 1.807) is 12.3 Å². The van der Waals surface area contributed by atoms with Crippen LogP contribution in [0.25, 0.3) is 10.9 Å². The Kier molecular flexibility index (Phi) is 1.66. The van der Waals surface area contributed by atoms with Gasteiger partial charge in [0.15, 0.2) is 0 Å². The predicted molar refractivity (Wildman–Crippen MR) is 55.1 cm³/mol. The first kappa shape index (κ1) is 8.60. The van der Waals surface area contributed by atoms with Crippen molar-refractivity contribution in [2.24, 2.45) is 5.73 Å². The summed E-state index contributed by atoms with van der Waals surface area (Å²) in [5.41, 5.74) is 6.79. The highest BCUT2D eigenvalue weighted by Crippen LogP contribution is 2.45. The van der Waals surface area contributed by atoms with Gasteiger partial charge >= 0.3 is 0 Å². The second kappa shape index (κ2) is 2.90. The van der Waals surface area contributed by atoms with Gasteiger partial charge in [-0.25, -0.2) is 15.0 Å². The molecule has 2 aromatic heterocycles. The Morgan fingerprint density at radius 2 is 2.27 bits per heavy atom. The smallest absolute Gasteiger partial charge is 0.237 e. The van der Waals surface area contributed by atoms with Crippen molar-refractivity contribution < 1.29 is 4.79 Å². The lowest BCUT2D eigenvalue weighted by atomic mass is 10.2. The molecule has 1 atom stereocenters. The maximum absolute atomic E-state index is 11.2. The van der Waals surface area contributed by atoms with Crippen LogP contribution in [0.1, 0.15) is 10.9 Å². The summed E-state index contributed by atoms with van der Waals surface area (Å²) in [4.78, 5) is 23.6. The molecule has 0 aromatic carbocycles. The van der Waals surface area contributed by atoms with E-state index in [0.29, 0.717) is 5.69 Å². The summed E-state index contributed by atoms with van der Waals surface area (Å²) in [5.74, 6) is -0.391. The number of primary amides is 1. The van der Waals surface area contributed by atoms with Gasteiger partial charge in [-0.15, -0.1) is 0 Å². The van der Waals surface area contributed by atoms with Gasteiger partial charge in [-0.3, -0.25) is 4.79 Å². The number of carbonyl (C=O) groups is 1. The summed E-state index contributed by atoms with van der Waals surface area (Å²) in [7, 11) is 0. The molecule has 1 aliphatic rings. The summed E-state index contributed by atoms with van der Waals surface area (Å²) in [5, 5.41) is 1.21. The molecular weight excluding hydrogens is 212 g/mol. The minimum atomic E-state index is -0.430. The fourth-order valence-corrected chi connectivity index (χ4v) is 2.73. The van der Waals surface area contributed by atoms with Gasteiger partial charge in [0.1, 0.15) is 16.6 Å². The Morgan fingerprint density at radius 3 is 3.07 bits per heavy atom. The first-order valence-electron chi connectivity index (χ1n) is 4.33. The highest BCUT2D eigenvalue weighted by atomic mass is 32.2. The van der Waals surface area contributed by atoms with Crippen LogP contribution in [0.15, 0.2) is 23.6 Å². The quantitative estimate of drug-likeness (QED) is 0.760. The van der Waals surface area contributed by atoms with Crippen molar-refractivity contribution in [1.82, 2.24) is 15.0 Å². The van der Waals surface area contributed by atoms with Crippen LogP contribution >= 0.6 is 11.8 Å². The SMILES string of the molecule is NC(=O)C1Sc2nccc3ncnc1c23. The molecule has 74 valence electrons. The highest BCUT2D eigenvalue weighted by molar-refractivity contribution is 8.00. The van der Waals surface area contributed by atoms with Gasteiger partial charge in [-0.1, -0.05) is 11.8 Å². The Balaban J connectivity index is 2.36. The van der Waals surface area contributed by atoms with Crippen LogP contribution in [-0.4, -0.2) is 20.9 Å². The standard InChI is InChI=1S/C9H6N4OS/c10-8(14)7-6-5-4(12-3-13-6)1-2-11-9(5)15-7/h1-3,7H,(H2,10,14). The lowest BCUT2D eigenvalue weighted by Gasteiger charge is -2.02. The third kappa shape index (κ3) is 1.11. The second-order valence-corrected chi connectivity index (χ2v) is 4.26. The monoisotopic (exact) mass is 218 g/mol. The molecule has 1 aliphatic heterocycles. The molecule has 3 rings (SSSR count). The average Bonchev–Trinajstić information content (AvgIpc) is 2.61. The zero-order chi connectivity index (χ0) is 10.4. The molecule has 2 aromatic rings. The number of nitrogens with zero attached hydrogens (tertiary/aromatic N) is 3. The van der Waals surface area contributed by atoms with Gasteiger partial charge in [0.05, 0.1) is 16.6 Å². The maximum atomic E-state index is 11.2. The van der Waals surface area contributed by atoms with E-state index in [4.69, 9.17) is 5.73 Å². The first-order valence-corrected chi connectivity index (χ1v) is 5.21. The number of pyridine rings is 1. The number of aromatic nitrogens is 3. The van der Waals surface area contributed by atoms with E-state index in [2.05, 4.69) is 15.0 Å². The zero-order valence-corrected chi connectivity index (χ0v) is 8.36. The first-order chi connectivity index (χ1) is 7.27. The van der Waals surface area contributed by atoms with Crippen molar-refractivity contribution in [3.8, 4) is 0 Å². The van der Waals surface area contributed by atoms with Crippen molar-refractivity contribution in [2.75, 3.05) is 0 Å². The molecule has 15 heavy (non-hydrogen) atoms. The normalized spacial score (nSPS) is 18.3. The van der Waals surface area contributed by atoms with Crippen LogP contribution in [0.5, 0.6) is 0 Å². The number of nitrogens with two attached hydrogens (primary N) is 1. The fraction of sp³-hybridized carbons (Fsp3) is 0.111. The van der Waals surface area contributed by atoms with Crippen molar-refractivity contribution >= 4 is 28.6 Å². The number of hydrogen-bond acceptors (Lipinski definition) is 5. The van der Waals surface area contributed by atoms with Crippen LogP contribution in [0.2, 0.25) is 0 Å². The number of thioether (sulfide) groups is 1. The van der Waals surface area contributed by atoms with Gasteiger partial charge in [-0.2, -0.15) is 0 Å². The van der Waals surface area contributed by atoms with Gasteiger partial charge in [0.25, 0.3) is 0 Å². The van der Waals surface area contributed by atoms with Gasteiger partial charge in [-0.05, 0) is 6.07 Å². The maximum Gasteiger partial charge on any atom is 0.237 e. The number of hydrogen-bond donors (Lipinski definition) is 1. The van der Waals surface area contributed by atoms with Crippen LogP contribution in [-0.2, 0) is 4.79 Å². The molecule has 0 spiro atoms. The molecule has 1 unspecified atom stereocenters. The molecule has 2 N–H and O–H groups in total. The third-order valence-corrected chi connectivity index (χ3v) is 3.50. The molecule has 5 nitrogen and oxygen atoms in total. The fourth-order valence-electron chi connectivity index (χ4n) is 1.65. The average molecular weight is 218 g/mol. The number of rotatable bonds is 1. The van der Waals surface area contributed by atoms with Gasteiger partial charge < -0.3 is 5.73 Å². The van der Waals surface area contributed by atoms with E-state index in [9.17, 15) is 4.79 Å². The van der Waals surface area contributed by atoms with E-state index < -0.39 is 11.2 Å². The molecule has 0 fully saturated rings. The lowest BCUT2D eigenvalue weighted by Crippen LogP contribution is -2.18. The van der Waals surface area contributed by atoms with Crippen LogP contribution in [0.4, 0.5) is 0 Å². The van der Waals surface area contributed by atoms with Gasteiger partial charge in [0.2, 0.25) is 5.91 Å². The summed E-state index contributed by atoms with van der Waals surface area (Å²) < 4.78 is 0. The van der Waals surface area contributed by atoms with E-state index in [1.807, 2.05) is 0 Å². The molecule has 3 heterocycles. The summed E-state index contributed by atoms with van der Waals surface area (Å²) in [6.07, 6.45) is 3.12. The zero-order valence-electron chi connectivity index (χ0n) is 7.54. The van der Waals surface area contributed by atoms with E-state index >= 15 is 0 Å². The molecule has 0 saturated heterocycles. The largest absolute Gasteiger partial charge is 0.368 e. The van der Waals surface area contributed by atoms with Crippen LogP contribution < -0.4 is 5.73 Å². The molecule has 0 saturated carbocycles. The Bertz CT molecular complexity index is 566. The molecule has 6 heteroatoms. The predicted octanol–water partition coefficient (Wildman–Crippen LogP) is 0.657. The number of carbonyl (C=O) groups excluding carboxylic acids is 1. The minimum Gasteiger partial charge on any atom is -0.368 e. The Labute approximate surface area is 89.1 Å². The molecule has 0 bridgehead atoms. The van der Waals surface area contributed by atoms with Crippen molar-refractivity contribution in [3.63, 3.8) is 0 Å². The van der Waals surface area contributed by atoms with Crippen LogP contribution in [0.3, 0.4) is 0 Å². The van der Waals surface area contributed by atoms with Gasteiger partial charge in [0, 0.05) is 6.20 Å². The van der Waals surface area contributed by atoms with Crippen molar-refractivity contribution in [1.29, 1.82) is 0 Å². The van der Waals surface area contributed by atoms with Crippen LogP contribution in [0, 0.1) is 0 Å². The molecule has 1 amide bonds. The number of amides is 1. The van der Waals surface area contributed by atoms with Crippen molar-refractivity contribution in [3.05, 3.63) is 24.3 Å².